The second-order valence-corrected chi connectivity index (χ2v) is 5.59. The monoisotopic (exact) mass is 322 g/mol. The Morgan fingerprint density at radius 2 is 2.00 bits per heavy atom. The van der Waals surface area contributed by atoms with Gasteiger partial charge in [-0.05, 0) is 17.9 Å². The number of carbonyl (C=O) groups excluding carboxylic acids is 1. The maximum atomic E-state index is 12.1. The van der Waals surface area contributed by atoms with Crippen molar-refractivity contribution in [2.75, 3.05) is 5.32 Å². The molecule has 0 aliphatic rings. The average molecular weight is 323 g/mol. The molecule has 2 rings (SSSR count). The second kappa shape index (κ2) is 8.56. The predicted octanol–water partition coefficient (Wildman–Crippen LogP) is 2.67. The molecule has 2 aromatic rings. The van der Waals surface area contributed by atoms with Gasteiger partial charge >= 0.3 is 0 Å². The summed E-state index contributed by atoms with van der Waals surface area (Å²) in [6, 6.07) is 9.52. The summed E-state index contributed by atoms with van der Waals surface area (Å²) in [6.07, 6.45) is 4.17. The van der Waals surface area contributed by atoms with Crippen LogP contribution in [0.15, 0.2) is 42.7 Å². The first-order valence-corrected chi connectivity index (χ1v) is 7.17. The molecule has 3 N–H and O–H groups in total. The normalized spacial score (nSPS) is 11.8. The molecular weight excluding hydrogens is 300 g/mol. The fraction of sp³-hybridized carbons (Fsp3) is 0.375. The third-order valence-corrected chi connectivity index (χ3v) is 3.21. The maximum Gasteiger partial charge on any atom is 0.243 e. The number of nitrogens with one attached hydrogen (secondary N) is 1. The number of nitrogens with zero attached hydrogens (tertiary/aromatic N) is 2. The lowest BCUT2D eigenvalue weighted by Crippen LogP contribution is -2.37. The van der Waals surface area contributed by atoms with Gasteiger partial charge in [-0.1, -0.05) is 44.2 Å². The van der Waals surface area contributed by atoms with Gasteiger partial charge in [-0.2, -0.15) is 0 Å². The molecule has 0 radical (unpaired) electrons. The summed E-state index contributed by atoms with van der Waals surface area (Å²) in [5.41, 5.74) is 7.04. The van der Waals surface area contributed by atoms with E-state index in [9.17, 15) is 4.79 Å². The zero-order valence-corrected chi connectivity index (χ0v) is 13.7. The van der Waals surface area contributed by atoms with Crippen molar-refractivity contribution < 1.29 is 4.79 Å². The molecule has 1 aromatic heterocycles. The van der Waals surface area contributed by atoms with Crippen LogP contribution in [0.5, 0.6) is 0 Å². The molecule has 1 amide bonds. The number of carbonyl (C=O) groups is 1. The molecular formula is C16H23ClN4O. The molecule has 6 heteroatoms. The Bertz CT molecular complexity index is 583. The van der Waals surface area contributed by atoms with E-state index in [4.69, 9.17) is 5.73 Å². The van der Waals surface area contributed by atoms with Crippen molar-refractivity contribution in [1.82, 2.24) is 9.55 Å². The summed E-state index contributed by atoms with van der Waals surface area (Å²) in [7, 11) is 0. The fourth-order valence-electron chi connectivity index (χ4n) is 2.16. The van der Waals surface area contributed by atoms with Crippen molar-refractivity contribution in [1.29, 1.82) is 0 Å². The molecule has 1 aromatic carbocycles. The van der Waals surface area contributed by atoms with Crippen molar-refractivity contribution in [2.24, 2.45) is 11.7 Å². The number of imidazole rings is 1. The highest BCUT2D eigenvalue weighted by Crippen LogP contribution is 2.11. The number of amides is 1. The van der Waals surface area contributed by atoms with E-state index < -0.39 is 6.04 Å². The standard InChI is InChI=1S/C16H22N4O.ClH/c1-12(2)10-14(17)15(21)19-16-18-8-9-20(16)11-13-6-4-3-5-7-13;/h3-9,12,14H,10-11,17H2,1-2H3,(H,18,19,21);1H/t14-;/m0./s1. The van der Waals surface area contributed by atoms with Crippen molar-refractivity contribution in [2.45, 2.75) is 32.9 Å². The minimum Gasteiger partial charge on any atom is -0.320 e. The van der Waals surface area contributed by atoms with Gasteiger partial charge in [0.1, 0.15) is 0 Å². The van der Waals surface area contributed by atoms with Crippen LogP contribution in [0.4, 0.5) is 5.95 Å². The third-order valence-electron chi connectivity index (χ3n) is 3.21. The first-order chi connectivity index (χ1) is 10.1. The largest absolute Gasteiger partial charge is 0.320 e. The van der Waals surface area contributed by atoms with Crippen LogP contribution in [-0.2, 0) is 11.3 Å². The molecule has 22 heavy (non-hydrogen) atoms. The Morgan fingerprint density at radius 1 is 1.32 bits per heavy atom. The third kappa shape index (κ3) is 5.16. The van der Waals surface area contributed by atoms with Crippen LogP contribution < -0.4 is 11.1 Å². The fourth-order valence-corrected chi connectivity index (χ4v) is 2.16. The quantitative estimate of drug-likeness (QED) is 0.858. The zero-order valence-electron chi connectivity index (χ0n) is 12.9. The van der Waals surface area contributed by atoms with Gasteiger partial charge in [0.25, 0.3) is 0 Å². The van der Waals surface area contributed by atoms with E-state index >= 15 is 0 Å². The van der Waals surface area contributed by atoms with Crippen molar-refractivity contribution in [3.05, 3.63) is 48.3 Å². The minimum absolute atomic E-state index is 0. The van der Waals surface area contributed by atoms with Gasteiger partial charge in [0, 0.05) is 12.4 Å². The Hall–Kier alpha value is -1.85. The molecule has 1 atom stereocenters. The molecule has 120 valence electrons. The highest BCUT2D eigenvalue weighted by atomic mass is 35.5. The van der Waals surface area contributed by atoms with Gasteiger partial charge in [0.05, 0.1) is 12.6 Å². The first kappa shape index (κ1) is 18.2. The van der Waals surface area contributed by atoms with Crippen LogP contribution in [0, 0.1) is 5.92 Å². The lowest BCUT2D eigenvalue weighted by Gasteiger charge is -2.14. The van der Waals surface area contributed by atoms with Crippen molar-refractivity contribution in [3.63, 3.8) is 0 Å². The molecule has 5 nitrogen and oxygen atoms in total. The molecule has 0 aliphatic carbocycles. The average Bonchev–Trinajstić information content (AvgIpc) is 2.86. The number of rotatable bonds is 6. The number of nitrogens with two attached hydrogens (primary N) is 1. The van der Waals surface area contributed by atoms with E-state index in [1.54, 1.807) is 6.20 Å². The summed E-state index contributed by atoms with van der Waals surface area (Å²) >= 11 is 0. The van der Waals surface area contributed by atoms with Gasteiger partial charge in [-0.15, -0.1) is 12.4 Å². The van der Waals surface area contributed by atoms with Gasteiger partial charge in [-0.3, -0.25) is 10.1 Å². The van der Waals surface area contributed by atoms with Gasteiger partial charge in [-0.25, -0.2) is 4.98 Å². The summed E-state index contributed by atoms with van der Waals surface area (Å²) in [4.78, 5) is 16.3. The van der Waals surface area contributed by atoms with E-state index in [2.05, 4.69) is 10.3 Å². The summed E-state index contributed by atoms with van der Waals surface area (Å²) in [5.74, 6) is 0.724. The predicted molar refractivity (Wildman–Crippen MR) is 91.1 cm³/mol. The Kier molecular flexibility index (Phi) is 7.08. The van der Waals surface area contributed by atoms with E-state index in [0.29, 0.717) is 24.8 Å². The van der Waals surface area contributed by atoms with Crippen molar-refractivity contribution in [3.8, 4) is 0 Å². The van der Waals surface area contributed by atoms with Crippen LogP contribution in [0.1, 0.15) is 25.8 Å². The van der Waals surface area contributed by atoms with E-state index in [0.717, 1.165) is 5.56 Å². The Labute approximate surface area is 137 Å². The Balaban J connectivity index is 0.00000242. The number of hydrogen-bond donors (Lipinski definition) is 2. The summed E-state index contributed by atoms with van der Waals surface area (Å²) in [6.45, 7) is 4.75. The van der Waals surface area contributed by atoms with E-state index in [1.165, 1.54) is 0 Å². The first-order valence-electron chi connectivity index (χ1n) is 7.17. The van der Waals surface area contributed by atoms with Crippen LogP contribution >= 0.6 is 12.4 Å². The Morgan fingerprint density at radius 3 is 2.64 bits per heavy atom. The molecule has 0 fully saturated rings. The minimum atomic E-state index is -0.508. The molecule has 0 saturated heterocycles. The van der Waals surface area contributed by atoms with E-state index in [1.807, 2.05) is 54.9 Å². The summed E-state index contributed by atoms with van der Waals surface area (Å²) in [5, 5.41) is 2.80. The van der Waals surface area contributed by atoms with Gasteiger partial charge in [0.15, 0.2) is 0 Å². The SMILES string of the molecule is CC(C)C[C@H](N)C(=O)Nc1nccn1Cc1ccccc1.Cl. The second-order valence-electron chi connectivity index (χ2n) is 5.59. The molecule has 0 spiro atoms. The number of anilines is 1. The van der Waals surface area contributed by atoms with Crippen molar-refractivity contribution >= 4 is 24.3 Å². The molecule has 0 saturated carbocycles. The highest BCUT2D eigenvalue weighted by Gasteiger charge is 2.17. The molecule has 0 unspecified atom stereocenters. The lowest BCUT2D eigenvalue weighted by atomic mass is 10.0. The van der Waals surface area contributed by atoms with Crippen LogP contribution in [-0.4, -0.2) is 21.5 Å². The number of hydrogen-bond acceptors (Lipinski definition) is 3. The number of halogens is 1. The topological polar surface area (TPSA) is 72.9 Å². The smallest absolute Gasteiger partial charge is 0.243 e. The van der Waals surface area contributed by atoms with Gasteiger partial charge in [0.2, 0.25) is 11.9 Å². The lowest BCUT2D eigenvalue weighted by molar-refractivity contribution is -0.117. The van der Waals surface area contributed by atoms with Crippen LogP contribution in [0.25, 0.3) is 0 Å². The molecule has 0 bridgehead atoms. The molecule has 1 heterocycles. The molecule has 0 aliphatic heterocycles. The van der Waals surface area contributed by atoms with Crippen LogP contribution in [0.3, 0.4) is 0 Å². The highest BCUT2D eigenvalue weighted by molar-refractivity contribution is 5.93. The maximum absolute atomic E-state index is 12.1. The van der Waals surface area contributed by atoms with E-state index in [-0.39, 0.29) is 18.3 Å². The van der Waals surface area contributed by atoms with Crippen LogP contribution in [0.2, 0.25) is 0 Å². The zero-order chi connectivity index (χ0) is 15.2. The number of benzene rings is 1. The van der Waals surface area contributed by atoms with Gasteiger partial charge < -0.3 is 10.3 Å². The number of aromatic nitrogens is 2. The summed E-state index contributed by atoms with van der Waals surface area (Å²) < 4.78 is 1.90.